The minimum atomic E-state index is 0.446. The molecule has 11 heavy (non-hydrogen) atoms. The second kappa shape index (κ2) is 2.99. The second-order valence-electron chi connectivity index (χ2n) is 2.82. The first-order valence-corrected chi connectivity index (χ1v) is 4.63. The molecule has 1 unspecified atom stereocenters. The maximum Gasteiger partial charge on any atom is 0.121 e. The van der Waals surface area contributed by atoms with Gasteiger partial charge in [-0.1, -0.05) is 0 Å². The Morgan fingerprint density at radius 3 is 3.09 bits per heavy atom. The third kappa shape index (κ3) is 1.49. The summed E-state index contributed by atoms with van der Waals surface area (Å²) in [6.07, 6.45) is 4.18. The van der Waals surface area contributed by atoms with Gasteiger partial charge in [-0.2, -0.15) is 0 Å². The lowest BCUT2D eigenvalue weighted by Gasteiger charge is -2.03. The van der Waals surface area contributed by atoms with Crippen LogP contribution in [0.1, 0.15) is 24.6 Å². The third-order valence-electron chi connectivity index (χ3n) is 1.99. The van der Waals surface area contributed by atoms with Crippen LogP contribution in [0.5, 0.6) is 0 Å². The highest BCUT2D eigenvalue weighted by atomic mass is 79.9. The molecule has 2 nitrogen and oxygen atoms in total. The Balaban J connectivity index is 2.15. The molecule has 0 amide bonds. The molecule has 0 radical (unpaired) electrons. The number of rotatable bonds is 1. The molecule has 1 aliphatic rings. The molecule has 2 rings (SSSR count). The quantitative estimate of drug-likeness (QED) is 0.779. The van der Waals surface area contributed by atoms with Gasteiger partial charge in [-0.3, -0.25) is 0 Å². The van der Waals surface area contributed by atoms with E-state index in [0.717, 1.165) is 16.8 Å². The summed E-state index contributed by atoms with van der Waals surface area (Å²) < 4.78 is 6.37. The van der Waals surface area contributed by atoms with Crippen molar-refractivity contribution in [1.82, 2.24) is 5.32 Å². The van der Waals surface area contributed by atoms with Gasteiger partial charge in [0.2, 0.25) is 0 Å². The highest BCUT2D eigenvalue weighted by Crippen LogP contribution is 2.26. The van der Waals surface area contributed by atoms with Crippen molar-refractivity contribution in [3.8, 4) is 0 Å². The van der Waals surface area contributed by atoms with Crippen LogP contribution in [0.4, 0.5) is 0 Å². The SMILES string of the molecule is Brc1coc(C2CCCN2)c1. The third-order valence-corrected chi connectivity index (χ3v) is 2.41. The fourth-order valence-corrected chi connectivity index (χ4v) is 1.76. The van der Waals surface area contributed by atoms with Gasteiger partial charge >= 0.3 is 0 Å². The highest BCUT2D eigenvalue weighted by molar-refractivity contribution is 9.10. The number of hydrogen-bond donors (Lipinski definition) is 1. The van der Waals surface area contributed by atoms with Crippen LogP contribution < -0.4 is 5.32 Å². The van der Waals surface area contributed by atoms with Gasteiger partial charge in [0.1, 0.15) is 12.0 Å². The summed E-state index contributed by atoms with van der Waals surface area (Å²) in [6.45, 7) is 1.11. The summed E-state index contributed by atoms with van der Waals surface area (Å²) in [6, 6.07) is 2.48. The van der Waals surface area contributed by atoms with Crippen molar-refractivity contribution >= 4 is 15.9 Å². The first kappa shape index (κ1) is 7.37. The Bertz CT molecular complexity index is 240. The number of nitrogens with one attached hydrogen (secondary N) is 1. The largest absolute Gasteiger partial charge is 0.466 e. The molecule has 60 valence electrons. The van der Waals surface area contributed by atoms with Gasteiger partial charge in [0, 0.05) is 0 Å². The van der Waals surface area contributed by atoms with Crippen molar-refractivity contribution in [3.63, 3.8) is 0 Å². The van der Waals surface area contributed by atoms with E-state index in [0.29, 0.717) is 6.04 Å². The molecule has 0 aromatic carbocycles. The monoisotopic (exact) mass is 215 g/mol. The van der Waals surface area contributed by atoms with E-state index in [1.54, 1.807) is 6.26 Å². The molecular weight excluding hydrogens is 206 g/mol. The van der Waals surface area contributed by atoms with Crippen LogP contribution in [0.3, 0.4) is 0 Å². The van der Waals surface area contributed by atoms with Crippen molar-refractivity contribution in [3.05, 3.63) is 22.6 Å². The van der Waals surface area contributed by atoms with Gasteiger partial charge in [-0.05, 0) is 41.4 Å². The van der Waals surface area contributed by atoms with E-state index in [2.05, 4.69) is 21.2 Å². The fraction of sp³-hybridized carbons (Fsp3) is 0.500. The first-order chi connectivity index (χ1) is 5.36. The lowest BCUT2D eigenvalue weighted by molar-refractivity contribution is 0.445. The molecule has 0 aliphatic carbocycles. The normalized spacial score (nSPS) is 24.3. The van der Waals surface area contributed by atoms with Crippen LogP contribution >= 0.6 is 15.9 Å². The highest BCUT2D eigenvalue weighted by Gasteiger charge is 2.18. The average Bonchev–Trinajstić information content (AvgIpc) is 2.55. The Kier molecular flexibility index (Phi) is 2.00. The summed E-state index contributed by atoms with van der Waals surface area (Å²) in [5, 5.41) is 3.37. The zero-order valence-corrected chi connectivity index (χ0v) is 7.73. The van der Waals surface area contributed by atoms with Crippen LogP contribution in [0.25, 0.3) is 0 Å². The molecule has 3 heteroatoms. The molecule has 1 fully saturated rings. The van der Waals surface area contributed by atoms with Gasteiger partial charge < -0.3 is 9.73 Å². The maximum atomic E-state index is 5.34. The molecule has 1 aromatic heterocycles. The maximum absolute atomic E-state index is 5.34. The van der Waals surface area contributed by atoms with Crippen LogP contribution in [0, 0.1) is 0 Å². The van der Waals surface area contributed by atoms with Crippen molar-refractivity contribution in [2.45, 2.75) is 18.9 Å². The van der Waals surface area contributed by atoms with E-state index < -0.39 is 0 Å². The zero-order chi connectivity index (χ0) is 7.68. The minimum absolute atomic E-state index is 0.446. The Morgan fingerprint density at radius 1 is 1.64 bits per heavy atom. The molecule has 1 aromatic rings. The Labute approximate surface area is 74.1 Å². The lowest BCUT2D eigenvalue weighted by atomic mass is 10.2. The molecule has 0 bridgehead atoms. The molecule has 0 saturated carbocycles. The summed E-state index contributed by atoms with van der Waals surface area (Å²) in [7, 11) is 0. The van der Waals surface area contributed by atoms with E-state index >= 15 is 0 Å². The number of furan rings is 1. The Hall–Kier alpha value is -0.280. The second-order valence-corrected chi connectivity index (χ2v) is 3.73. The van der Waals surface area contributed by atoms with Crippen molar-refractivity contribution < 1.29 is 4.42 Å². The van der Waals surface area contributed by atoms with Crippen molar-refractivity contribution in [1.29, 1.82) is 0 Å². The first-order valence-electron chi connectivity index (χ1n) is 3.83. The summed E-state index contributed by atoms with van der Waals surface area (Å²) in [5.41, 5.74) is 0. The standard InChI is InChI=1S/C8H10BrNO/c9-6-4-8(11-5-6)7-2-1-3-10-7/h4-5,7,10H,1-3H2. The average molecular weight is 216 g/mol. The predicted octanol–water partition coefficient (Wildman–Crippen LogP) is 2.47. The molecule has 2 heterocycles. The van der Waals surface area contributed by atoms with E-state index in [1.807, 2.05) is 6.07 Å². The van der Waals surface area contributed by atoms with E-state index in [-0.39, 0.29) is 0 Å². The van der Waals surface area contributed by atoms with Gasteiger partial charge in [0.05, 0.1) is 10.5 Å². The summed E-state index contributed by atoms with van der Waals surface area (Å²) in [4.78, 5) is 0. The van der Waals surface area contributed by atoms with Gasteiger partial charge in [-0.25, -0.2) is 0 Å². The van der Waals surface area contributed by atoms with E-state index in [4.69, 9.17) is 4.42 Å². The molecule has 1 atom stereocenters. The van der Waals surface area contributed by atoms with Gasteiger partial charge in [-0.15, -0.1) is 0 Å². The van der Waals surface area contributed by atoms with E-state index in [1.165, 1.54) is 12.8 Å². The van der Waals surface area contributed by atoms with Crippen LogP contribution in [0.15, 0.2) is 21.2 Å². The van der Waals surface area contributed by atoms with Crippen LogP contribution in [0.2, 0.25) is 0 Å². The van der Waals surface area contributed by atoms with Gasteiger partial charge in [0.25, 0.3) is 0 Å². The lowest BCUT2D eigenvalue weighted by Crippen LogP contribution is -2.11. The molecule has 1 saturated heterocycles. The predicted molar refractivity (Wildman–Crippen MR) is 46.4 cm³/mol. The smallest absolute Gasteiger partial charge is 0.121 e. The van der Waals surface area contributed by atoms with Crippen molar-refractivity contribution in [2.75, 3.05) is 6.54 Å². The molecule has 0 spiro atoms. The molecule has 1 aliphatic heterocycles. The number of hydrogen-bond acceptors (Lipinski definition) is 2. The zero-order valence-electron chi connectivity index (χ0n) is 6.14. The fourth-order valence-electron chi connectivity index (χ4n) is 1.44. The molecular formula is C8H10BrNO. The molecule has 1 N–H and O–H groups in total. The topological polar surface area (TPSA) is 25.2 Å². The van der Waals surface area contributed by atoms with Crippen molar-refractivity contribution in [2.24, 2.45) is 0 Å². The van der Waals surface area contributed by atoms with E-state index in [9.17, 15) is 0 Å². The summed E-state index contributed by atoms with van der Waals surface area (Å²) in [5.74, 6) is 1.05. The van der Waals surface area contributed by atoms with Gasteiger partial charge in [0.15, 0.2) is 0 Å². The Morgan fingerprint density at radius 2 is 2.55 bits per heavy atom. The minimum Gasteiger partial charge on any atom is -0.466 e. The van der Waals surface area contributed by atoms with Crippen LogP contribution in [-0.4, -0.2) is 6.54 Å². The summed E-state index contributed by atoms with van der Waals surface area (Å²) >= 11 is 3.36. The number of halogens is 1. The van der Waals surface area contributed by atoms with Crippen LogP contribution in [-0.2, 0) is 0 Å².